The number of anilines is 1. The van der Waals surface area contributed by atoms with Crippen molar-refractivity contribution in [2.75, 3.05) is 18.5 Å². The van der Waals surface area contributed by atoms with Gasteiger partial charge < -0.3 is 15.2 Å². The van der Waals surface area contributed by atoms with Gasteiger partial charge in [-0.15, -0.1) is 0 Å². The van der Waals surface area contributed by atoms with Crippen LogP contribution in [0.2, 0.25) is 0 Å². The zero-order valence-electron chi connectivity index (χ0n) is 19.9. The molecule has 1 aliphatic carbocycles. The number of rotatable bonds is 8. The molecule has 0 spiro atoms. The number of carboxylic acids is 1. The summed E-state index contributed by atoms with van der Waals surface area (Å²) in [6.07, 6.45) is -0.728. The number of aliphatic carboxylic acids is 1. The highest BCUT2D eigenvalue weighted by Crippen LogP contribution is 2.44. The number of carbonyl (C=O) groups is 3. The third kappa shape index (κ3) is 5.34. The predicted octanol–water partition coefficient (Wildman–Crippen LogP) is 4.01. The molecule has 9 nitrogen and oxygen atoms in total. The molecule has 35 heavy (non-hydrogen) atoms. The standard InChI is InChI=1S/C26H28N4O5/c1-26(2,13-23(31)32)15-27-24(33)21-12-22(30(3)29-21)28-25(34)35-14-20-18-10-6-4-8-16(18)17-9-5-7-11-19(17)20/h4-12,20H,13-15H2,1-3H3,(H,27,33)(H,28,34)(H,31,32). The van der Waals surface area contributed by atoms with E-state index in [1.54, 1.807) is 20.9 Å². The number of hydrogen-bond donors (Lipinski definition) is 3. The van der Waals surface area contributed by atoms with Crippen molar-refractivity contribution in [3.05, 3.63) is 71.4 Å². The van der Waals surface area contributed by atoms with Crippen LogP contribution in [0.3, 0.4) is 0 Å². The summed E-state index contributed by atoms with van der Waals surface area (Å²) in [5.74, 6) is -1.15. The molecule has 182 valence electrons. The number of benzene rings is 2. The van der Waals surface area contributed by atoms with E-state index in [1.165, 1.54) is 10.7 Å². The molecule has 0 fully saturated rings. The van der Waals surface area contributed by atoms with Crippen LogP contribution in [0, 0.1) is 5.41 Å². The molecule has 0 saturated heterocycles. The van der Waals surface area contributed by atoms with E-state index in [9.17, 15) is 14.4 Å². The summed E-state index contributed by atoms with van der Waals surface area (Å²) in [6, 6.07) is 17.6. The summed E-state index contributed by atoms with van der Waals surface area (Å²) in [6.45, 7) is 3.85. The SMILES string of the molecule is Cn1nc(C(=O)NCC(C)(C)CC(=O)O)cc1NC(=O)OCC1c2ccccc2-c2ccccc21. The maximum Gasteiger partial charge on any atom is 0.412 e. The van der Waals surface area contributed by atoms with Gasteiger partial charge in [0, 0.05) is 25.6 Å². The first-order chi connectivity index (χ1) is 16.6. The summed E-state index contributed by atoms with van der Waals surface area (Å²) in [4.78, 5) is 36.0. The Bertz CT molecular complexity index is 1230. The molecule has 9 heteroatoms. The second-order valence-electron chi connectivity index (χ2n) is 9.41. The van der Waals surface area contributed by atoms with Gasteiger partial charge in [0.25, 0.3) is 5.91 Å². The summed E-state index contributed by atoms with van der Waals surface area (Å²) < 4.78 is 6.92. The first kappa shape index (κ1) is 24.0. The number of fused-ring (bicyclic) bond motifs is 3. The number of aromatic nitrogens is 2. The number of nitrogens with zero attached hydrogens (tertiary/aromatic N) is 2. The second-order valence-corrected chi connectivity index (χ2v) is 9.41. The largest absolute Gasteiger partial charge is 0.481 e. The van der Waals surface area contributed by atoms with E-state index >= 15 is 0 Å². The van der Waals surface area contributed by atoms with Crippen molar-refractivity contribution in [1.29, 1.82) is 0 Å². The Balaban J connectivity index is 1.37. The molecular formula is C26H28N4O5. The number of amides is 2. The Morgan fingerprint density at radius 3 is 2.26 bits per heavy atom. The fourth-order valence-corrected chi connectivity index (χ4v) is 4.32. The van der Waals surface area contributed by atoms with Crippen molar-refractivity contribution in [3.8, 4) is 11.1 Å². The van der Waals surface area contributed by atoms with E-state index in [4.69, 9.17) is 9.84 Å². The average Bonchev–Trinajstić information content (AvgIpc) is 3.33. The quantitative estimate of drug-likeness (QED) is 0.451. The van der Waals surface area contributed by atoms with Crippen LogP contribution in [0.1, 0.15) is 47.8 Å². The van der Waals surface area contributed by atoms with Crippen molar-refractivity contribution >= 4 is 23.8 Å². The number of carboxylic acid groups (broad SMARTS) is 1. The van der Waals surface area contributed by atoms with Crippen molar-refractivity contribution in [2.24, 2.45) is 12.5 Å². The smallest absolute Gasteiger partial charge is 0.412 e. The van der Waals surface area contributed by atoms with Crippen LogP contribution < -0.4 is 10.6 Å². The van der Waals surface area contributed by atoms with Crippen molar-refractivity contribution in [3.63, 3.8) is 0 Å². The number of carbonyl (C=O) groups excluding carboxylic acids is 2. The molecule has 0 aliphatic heterocycles. The molecule has 0 radical (unpaired) electrons. The maximum atomic E-state index is 12.6. The molecule has 0 saturated carbocycles. The van der Waals surface area contributed by atoms with Gasteiger partial charge in [-0.2, -0.15) is 5.10 Å². The van der Waals surface area contributed by atoms with E-state index in [0.717, 1.165) is 22.3 Å². The molecule has 2 amide bonds. The third-order valence-electron chi connectivity index (χ3n) is 6.04. The maximum absolute atomic E-state index is 12.6. The molecule has 0 unspecified atom stereocenters. The van der Waals surface area contributed by atoms with Crippen LogP contribution in [0.4, 0.5) is 10.6 Å². The zero-order valence-corrected chi connectivity index (χ0v) is 19.9. The number of aryl methyl sites for hydroxylation is 1. The molecule has 3 N–H and O–H groups in total. The summed E-state index contributed by atoms with van der Waals surface area (Å²) in [5, 5.41) is 18.5. The van der Waals surface area contributed by atoms with Crippen LogP contribution >= 0.6 is 0 Å². The molecule has 1 heterocycles. The predicted molar refractivity (Wildman–Crippen MR) is 130 cm³/mol. The monoisotopic (exact) mass is 476 g/mol. The third-order valence-corrected chi connectivity index (χ3v) is 6.04. The van der Waals surface area contributed by atoms with Gasteiger partial charge in [0.2, 0.25) is 0 Å². The van der Waals surface area contributed by atoms with Gasteiger partial charge in [0.05, 0.1) is 6.42 Å². The fraction of sp³-hybridized carbons (Fsp3) is 0.308. The van der Waals surface area contributed by atoms with E-state index in [2.05, 4.69) is 27.9 Å². The molecule has 1 aromatic heterocycles. The highest BCUT2D eigenvalue weighted by Gasteiger charge is 2.29. The van der Waals surface area contributed by atoms with Crippen molar-refractivity contribution < 1.29 is 24.2 Å². The summed E-state index contributed by atoms with van der Waals surface area (Å²) in [7, 11) is 1.60. The van der Waals surface area contributed by atoms with Crippen molar-refractivity contribution in [2.45, 2.75) is 26.2 Å². The normalized spacial score (nSPS) is 12.5. The highest BCUT2D eigenvalue weighted by molar-refractivity contribution is 5.94. The van der Waals surface area contributed by atoms with Crippen LogP contribution in [0.25, 0.3) is 11.1 Å². The van der Waals surface area contributed by atoms with Gasteiger partial charge in [-0.05, 0) is 27.7 Å². The van der Waals surface area contributed by atoms with E-state index in [1.807, 2.05) is 36.4 Å². The van der Waals surface area contributed by atoms with Gasteiger partial charge in [0.15, 0.2) is 5.69 Å². The Kier molecular flexibility index (Phi) is 6.59. The minimum atomic E-state index is -0.934. The molecule has 1 aliphatic rings. The van der Waals surface area contributed by atoms with E-state index < -0.39 is 23.4 Å². The van der Waals surface area contributed by atoms with Gasteiger partial charge >= 0.3 is 12.1 Å². The van der Waals surface area contributed by atoms with Crippen LogP contribution in [0.15, 0.2) is 54.6 Å². The Hall–Kier alpha value is -4.14. The van der Waals surface area contributed by atoms with Gasteiger partial charge in [-0.3, -0.25) is 19.6 Å². The first-order valence-electron chi connectivity index (χ1n) is 11.3. The Morgan fingerprint density at radius 1 is 1.06 bits per heavy atom. The molecule has 0 atom stereocenters. The lowest BCUT2D eigenvalue weighted by atomic mass is 9.89. The Morgan fingerprint density at radius 2 is 1.66 bits per heavy atom. The molecule has 2 aromatic carbocycles. The Labute approximate surface area is 203 Å². The molecule has 4 rings (SSSR count). The number of ether oxygens (including phenoxy) is 1. The lowest BCUT2D eigenvalue weighted by Gasteiger charge is -2.22. The van der Waals surface area contributed by atoms with Crippen LogP contribution in [-0.2, 0) is 16.6 Å². The molecule has 3 aromatic rings. The molecule has 0 bridgehead atoms. The van der Waals surface area contributed by atoms with Gasteiger partial charge in [-0.25, -0.2) is 4.79 Å². The zero-order chi connectivity index (χ0) is 25.2. The molecular weight excluding hydrogens is 448 g/mol. The summed E-state index contributed by atoms with van der Waals surface area (Å²) >= 11 is 0. The summed E-state index contributed by atoms with van der Waals surface area (Å²) in [5.41, 5.74) is 4.02. The number of hydrogen-bond acceptors (Lipinski definition) is 5. The second kappa shape index (κ2) is 9.61. The van der Waals surface area contributed by atoms with Crippen LogP contribution in [-0.4, -0.2) is 46.0 Å². The minimum absolute atomic E-state index is 0.0600. The lowest BCUT2D eigenvalue weighted by molar-refractivity contribution is -0.139. The van der Waals surface area contributed by atoms with Crippen LogP contribution in [0.5, 0.6) is 0 Å². The topological polar surface area (TPSA) is 123 Å². The highest BCUT2D eigenvalue weighted by atomic mass is 16.5. The average molecular weight is 477 g/mol. The van der Waals surface area contributed by atoms with Crippen molar-refractivity contribution in [1.82, 2.24) is 15.1 Å². The number of nitrogens with one attached hydrogen (secondary N) is 2. The van der Waals surface area contributed by atoms with E-state index in [0.29, 0.717) is 5.82 Å². The minimum Gasteiger partial charge on any atom is -0.481 e. The fourth-order valence-electron chi connectivity index (χ4n) is 4.32. The van der Waals surface area contributed by atoms with Gasteiger partial charge in [0.1, 0.15) is 12.4 Å². The lowest BCUT2D eigenvalue weighted by Crippen LogP contribution is -2.35. The first-order valence-corrected chi connectivity index (χ1v) is 11.3. The van der Waals surface area contributed by atoms with E-state index in [-0.39, 0.29) is 31.2 Å². The van der Waals surface area contributed by atoms with Gasteiger partial charge in [-0.1, -0.05) is 62.4 Å².